The van der Waals surface area contributed by atoms with Crippen LogP contribution in [0.4, 0.5) is 4.39 Å². The van der Waals surface area contributed by atoms with Crippen molar-refractivity contribution < 1.29 is 13.9 Å². The summed E-state index contributed by atoms with van der Waals surface area (Å²) in [7, 11) is 2.98. The van der Waals surface area contributed by atoms with E-state index in [2.05, 4.69) is 0 Å². The summed E-state index contributed by atoms with van der Waals surface area (Å²) < 4.78 is 24.3. The fraction of sp³-hybridized carbons (Fsp3) is 0.200. The number of ether oxygens (including phenoxy) is 2. The first-order chi connectivity index (χ1) is 9.97. The summed E-state index contributed by atoms with van der Waals surface area (Å²) in [6.45, 7) is 0. The zero-order valence-electron chi connectivity index (χ0n) is 11.5. The Morgan fingerprint density at radius 3 is 2.38 bits per heavy atom. The lowest BCUT2D eigenvalue weighted by atomic mass is 9.98. The van der Waals surface area contributed by atoms with Gasteiger partial charge >= 0.3 is 0 Å². The number of methoxy groups -OCH3 is 2. The van der Waals surface area contributed by atoms with Crippen LogP contribution in [0.25, 0.3) is 0 Å². The van der Waals surface area contributed by atoms with E-state index in [9.17, 15) is 4.39 Å². The van der Waals surface area contributed by atoms with Crippen molar-refractivity contribution in [3.05, 3.63) is 57.3 Å². The van der Waals surface area contributed by atoms with E-state index in [4.69, 9.17) is 38.4 Å². The molecule has 2 aromatic rings. The van der Waals surface area contributed by atoms with E-state index >= 15 is 0 Å². The summed E-state index contributed by atoms with van der Waals surface area (Å²) in [5.74, 6) is 0.373. The van der Waals surface area contributed by atoms with E-state index in [0.717, 1.165) is 0 Å². The zero-order chi connectivity index (χ0) is 15.6. The van der Waals surface area contributed by atoms with Gasteiger partial charge < -0.3 is 15.2 Å². The smallest absolute Gasteiger partial charge is 0.179 e. The third-order valence-electron chi connectivity index (χ3n) is 3.11. The van der Waals surface area contributed by atoms with Crippen molar-refractivity contribution in [2.24, 2.45) is 5.73 Å². The number of hydrogen-bond acceptors (Lipinski definition) is 3. The molecule has 1 unspecified atom stereocenters. The van der Waals surface area contributed by atoms with Gasteiger partial charge in [-0.25, -0.2) is 4.39 Å². The topological polar surface area (TPSA) is 44.5 Å². The molecule has 0 amide bonds. The van der Waals surface area contributed by atoms with Crippen LogP contribution in [0.15, 0.2) is 30.3 Å². The number of benzene rings is 2. The molecule has 1 atom stereocenters. The minimum absolute atomic E-state index is 0.314. The Hall–Kier alpha value is -1.49. The van der Waals surface area contributed by atoms with E-state index in [-0.39, 0.29) is 0 Å². The maximum atomic E-state index is 14.0. The molecule has 2 N–H and O–H groups in total. The van der Waals surface area contributed by atoms with Crippen LogP contribution in [0.3, 0.4) is 0 Å². The van der Waals surface area contributed by atoms with Crippen LogP contribution in [-0.4, -0.2) is 14.2 Å². The SMILES string of the molecule is COc1cc(C(N)c2ccc(Cl)cc2F)cc(Cl)c1OC. The zero-order valence-corrected chi connectivity index (χ0v) is 13.0. The number of rotatable bonds is 4. The second-order valence-corrected chi connectivity index (χ2v) is 5.23. The molecule has 0 fully saturated rings. The van der Waals surface area contributed by atoms with Crippen molar-refractivity contribution in [1.82, 2.24) is 0 Å². The fourth-order valence-corrected chi connectivity index (χ4v) is 2.51. The second-order valence-electron chi connectivity index (χ2n) is 4.38. The molecule has 0 aliphatic heterocycles. The van der Waals surface area contributed by atoms with E-state index in [0.29, 0.717) is 32.7 Å². The van der Waals surface area contributed by atoms with Gasteiger partial charge in [-0.05, 0) is 29.8 Å². The molecular formula is C15H14Cl2FNO2. The summed E-state index contributed by atoms with van der Waals surface area (Å²) >= 11 is 11.9. The molecule has 0 radical (unpaired) electrons. The van der Waals surface area contributed by atoms with Gasteiger partial charge in [0, 0.05) is 10.6 Å². The molecule has 0 aromatic heterocycles. The van der Waals surface area contributed by atoms with Gasteiger partial charge in [-0.2, -0.15) is 0 Å². The lowest BCUT2D eigenvalue weighted by Gasteiger charge is -2.17. The second kappa shape index (κ2) is 6.52. The average Bonchev–Trinajstić information content (AvgIpc) is 2.45. The first-order valence-corrected chi connectivity index (χ1v) is 6.85. The van der Waals surface area contributed by atoms with Crippen LogP contribution in [0.5, 0.6) is 11.5 Å². The van der Waals surface area contributed by atoms with Gasteiger partial charge in [-0.3, -0.25) is 0 Å². The van der Waals surface area contributed by atoms with Crippen LogP contribution in [-0.2, 0) is 0 Å². The van der Waals surface area contributed by atoms with Gasteiger partial charge in [0.1, 0.15) is 5.82 Å². The third kappa shape index (κ3) is 3.23. The lowest BCUT2D eigenvalue weighted by Crippen LogP contribution is -2.14. The highest BCUT2D eigenvalue weighted by atomic mass is 35.5. The standard InChI is InChI=1S/C15H14Cl2FNO2/c1-20-13-6-8(5-11(17)15(13)21-2)14(19)10-4-3-9(16)7-12(10)18/h3-7,14H,19H2,1-2H3. The molecule has 0 saturated heterocycles. The highest BCUT2D eigenvalue weighted by Gasteiger charge is 2.18. The molecule has 3 nitrogen and oxygen atoms in total. The monoisotopic (exact) mass is 329 g/mol. The van der Waals surface area contributed by atoms with Crippen molar-refractivity contribution in [2.75, 3.05) is 14.2 Å². The fourth-order valence-electron chi connectivity index (χ4n) is 2.05. The highest BCUT2D eigenvalue weighted by Crippen LogP contribution is 2.38. The molecule has 0 aliphatic carbocycles. The maximum Gasteiger partial charge on any atom is 0.179 e. The summed E-state index contributed by atoms with van der Waals surface area (Å²) in [4.78, 5) is 0. The summed E-state index contributed by atoms with van der Waals surface area (Å²) in [5, 5.41) is 0.658. The quantitative estimate of drug-likeness (QED) is 0.914. The first kappa shape index (κ1) is 15.9. The minimum Gasteiger partial charge on any atom is -0.493 e. The molecule has 0 aliphatic rings. The van der Waals surface area contributed by atoms with Crippen LogP contribution in [0.1, 0.15) is 17.2 Å². The molecule has 0 saturated carbocycles. The molecule has 21 heavy (non-hydrogen) atoms. The van der Waals surface area contributed by atoms with Gasteiger partial charge in [-0.1, -0.05) is 29.3 Å². The van der Waals surface area contributed by atoms with Gasteiger partial charge in [0.15, 0.2) is 11.5 Å². The molecule has 6 heteroatoms. The van der Waals surface area contributed by atoms with Gasteiger partial charge in [0.25, 0.3) is 0 Å². The summed E-state index contributed by atoms with van der Waals surface area (Å²) in [6.07, 6.45) is 0. The van der Waals surface area contributed by atoms with Crippen LogP contribution < -0.4 is 15.2 Å². The van der Waals surface area contributed by atoms with Crippen molar-refractivity contribution in [3.8, 4) is 11.5 Å². The average molecular weight is 330 g/mol. The number of nitrogens with two attached hydrogens (primary N) is 1. The van der Waals surface area contributed by atoms with Gasteiger partial charge in [0.05, 0.1) is 25.3 Å². The van der Waals surface area contributed by atoms with Crippen molar-refractivity contribution in [3.63, 3.8) is 0 Å². The Morgan fingerprint density at radius 1 is 1.10 bits per heavy atom. The minimum atomic E-state index is -0.695. The highest BCUT2D eigenvalue weighted by molar-refractivity contribution is 6.32. The summed E-state index contributed by atoms with van der Waals surface area (Å²) in [6, 6.07) is 6.96. The van der Waals surface area contributed by atoms with Gasteiger partial charge in [0.2, 0.25) is 0 Å². The largest absolute Gasteiger partial charge is 0.493 e. The van der Waals surface area contributed by atoms with Crippen LogP contribution >= 0.6 is 23.2 Å². The Kier molecular flexibility index (Phi) is 4.93. The molecule has 0 heterocycles. The molecule has 0 bridgehead atoms. The summed E-state index contributed by atoms with van der Waals surface area (Å²) in [5.41, 5.74) is 7.05. The first-order valence-electron chi connectivity index (χ1n) is 6.10. The number of halogens is 3. The van der Waals surface area contributed by atoms with Crippen molar-refractivity contribution in [2.45, 2.75) is 6.04 Å². The third-order valence-corrected chi connectivity index (χ3v) is 3.63. The molecule has 0 spiro atoms. The molecule has 2 aromatic carbocycles. The van der Waals surface area contributed by atoms with Crippen LogP contribution in [0, 0.1) is 5.82 Å². The lowest BCUT2D eigenvalue weighted by molar-refractivity contribution is 0.354. The van der Waals surface area contributed by atoms with E-state index in [1.54, 1.807) is 24.3 Å². The molecule has 2 rings (SSSR count). The maximum absolute atomic E-state index is 14.0. The Morgan fingerprint density at radius 2 is 1.81 bits per heavy atom. The van der Waals surface area contributed by atoms with E-state index < -0.39 is 11.9 Å². The Balaban J connectivity index is 2.48. The van der Waals surface area contributed by atoms with E-state index in [1.807, 2.05) is 0 Å². The molecule has 112 valence electrons. The Bertz CT molecular complexity index is 664. The van der Waals surface area contributed by atoms with Crippen molar-refractivity contribution in [1.29, 1.82) is 0 Å². The number of hydrogen-bond donors (Lipinski definition) is 1. The van der Waals surface area contributed by atoms with E-state index in [1.165, 1.54) is 20.3 Å². The predicted molar refractivity (Wildman–Crippen MR) is 82.0 cm³/mol. The Labute approximate surface area is 132 Å². The molecular weight excluding hydrogens is 316 g/mol. The predicted octanol–water partition coefficient (Wildman–Crippen LogP) is 4.20. The van der Waals surface area contributed by atoms with Gasteiger partial charge in [-0.15, -0.1) is 0 Å². The van der Waals surface area contributed by atoms with Crippen molar-refractivity contribution >= 4 is 23.2 Å². The van der Waals surface area contributed by atoms with Crippen LogP contribution in [0.2, 0.25) is 10.0 Å². The normalized spacial score (nSPS) is 12.1.